The minimum absolute atomic E-state index is 0.193. The summed E-state index contributed by atoms with van der Waals surface area (Å²) in [7, 11) is -4.22. The molecule has 0 aliphatic heterocycles. The Kier molecular flexibility index (Phi) is 4.22. The number of aromatic amines is 1. The molecule has 2 rings (SSSR count). The SMILES string of the molecule is O=c1cc[nH]cc1S(=O)(=O)Nc1ccccc1OC(F)F. The second-order valence-corrected chi connectivity index (χ2v) is 5.50. The normalized spacial score (nSPS) is 11.4. The van der Waals surface area contributed by atoms with E-state index in [1.165, 1.54) is 30.5 Å². The van der Waals surface area contributed by atoms with Crippen LogP contribution in [0.4, 0.5) is 14.5 Å². The molecule has 0 spiro atoms. The van der Waals surface area contributed by atoms with Crippen LogP contribution in [0.3, 0.4) is 0 Å². The fourth-order valence-corrected chi connectivity index (χ4v) is 2.68. The van der Waals surface area contributed by atoms with Crippen molar-refractivity contribution < 1.29 is 21.9 Å². The lowest BCUT2D eigenvalue weighted by molar-refractivity contribution is -0.0493. The molecule has 6 nitrogen and oxygen atoms in total. The number of ether oxygens (including phenoxy) is 1. The highest BCUT2D eigenvalue weighted by Gasteiger charge is 2.20. The van der Waals surface area contributed by atoms with Gasteiger partial charge in [0, 0.05) is 18.5 Å². The number of sulfonamides is 1. The topological polar surface area (TPSA) is 88.3 Å². The van der Waals surface area contributed by atoms with Crippen molar-refractivity contribution in [1.29, 1.82) is 0 Å². The van der Waals surface area contributed by atoms with E-state index in [2.05, 4.69) is 9.72 Å². The van der Waals surface area contributed by atoms with E-state index < -0.39 is 27.0 Å². The summed E-state index contributed by atoms with van der Waals surface area (Å²) >= 11 is 0. The number of hydrogen-bond acceptors (Lipinski definition) is 4. The zero-order valence-corrected chi connectivity index (χ0v) is 11.2. The molecule has 9 heteroatoms. The molecule has 0 amide bonds. The molecule has 0 aliphatic rings. The van der Waals surface area contributed by atoms with E-state index in [-0.39, 0.29) is 11.4 Å². The molecule has 0 unspecified atom stereocenters. The number of H-pyrrole nitrogens is 1. The smallest absolute Gasteiger partial charge is 0.387 e. The van der Waals surface area contributed by atoms with Crippen LogP contribution in [0, 0.1) is 0 Å². The van der Waals surface area contributed by atoms with Crippen LogP contribution in [0.15, 0.2) is 52.4 Å². The largest absolute Gasteiger partial charge is 0.433 e. The molecule has 112 valence electrons. The maximum absolute atomic E-state index is 12.3. The van der Waals surface area contributed by atoms with Gasteiger partial charge in [0.1, 0.15) is 5.75 Å². The second-order valence-electron chi connectivity index (χ2n) is 3.85. The standard InChI is InChI=1S/C12H10F2N2O4S/c13-12(14)20-10-4-2-1-3-8(10)16-21(18,19)11-7-15-6-5-9(11)17/h1-7,12,16H,(H,15,17). The van der Waals surface area contributed by atoms with Gasteiger partial charge in [0.15, 0.2) is 4.90 Å². The molecular formula is C12H10F2N2O4S. The molecule has 1 heterocycles. The summed E-state index contributed by atoms with van der Waals surface area (Å²) in [5, 5.41) is 0. The van der Waals surface area contributed by atoms with Crippen molar-refractivity contribution in [2.24, 2.45) is 0 Å². The fourth-order valence-electron chi connectivity index (χ4n) is 1.56. The van der Waals surface area contributed by atoms with Crippen LogP contribution in [-0.2, 0) is 10.0 Å². The fraction of sp³-hybridized carbons (Fsp3) is 0.0833. The van der Waals surface area contributed by atoms with Crippen molar-refractivity contribution in [3.63, 3.8) is 0 Å². The Labute approximate surface area is 118 Å². The van der Waals surface area contributed by atoms with E-state index in [0.717, 1.165) is 12.3 Å². The van der Waals surface area contributed by atoms with Crippen molar-refractivity contribution in [1.82, 2.24) is 4.98 Å². The van der Waals surface area contributed by atoms with Crippen LogP contribution in [0.2, 0.25) is 0 Å². The molecule has 0 saturated heterocycles. The summed E-state index contributed by atoms with van der Waals surface area (Å²) in [5.74, 6) is -0.344. The Balaban J connectivity index is 2.38. The van der Waals surface area contributed by atoms with Gasteiger partial charge >= 0.3 is 6.61 Å². The third kappa shape index (κ3) is 3.57. The summed E-state index contributed by atoms with van der Waals surface area (Å²) < 4.78 is 55.0. The third-order valence-electron chi connectivity index (χ3n) is 2.43. The highest BCUT2D eigenvalue weighted by molar-refractivity contribution is 7.92. The van der Waals surface area contributed by atoms with Crippen molar-refractivity contribution >= 4 is 15.7 Å². The van der Waals surface area contributed by atoms with Crippen LogP contribution >= 0.6 is 0 Å². The van der Waals surface area contributed by atoms with E-state index in [4.69, 9.17) is 0 Å². The highest BCUT2D eigenvalue weighted by atomic mass is 32.2. The molecule has 0 saturated carbocycles. The Morgan fingerprint density at radius 1 is 1.19 bits per heavy atom. The van der Waals surface area contributed by atoms with E-state index in [1.54, 1.807) is 0 Å². The van der Waals surface area contributed by atoms with Gasteiger partial charge in [0.2, 0.25) is 5.43 Å². The number of aromatic nitrogens is 1. The molecule has 1 aromatic carbocycles. The van der Waals surface area contributed by atoms with Crippen LogP contribution in [0.25, 0.3) is 0 Å². The van der Waals surface area contributed by atoms with Gasteiger partial charge < -0.3 is 9.72 Å². The first kappa shape index (κ1) is 15.0. The zero-order chi connectivity index (χ0) is 15.5. The summed E-state index contributed by atoms with van der Waals surface area (Å²) in [4.78, 5) is 13.5. The number of benzene rings is 1. The van der Waals surface area contributed by atoms with Crippen LogP contribution in [0.1, 0.15) is 0 Å². The number of anilines is 1. The van der Waals surface area contributed by atoms with Gasteiger partial charge in [-0.25, -0.2) is 8.42 Å². The monoisotopic (exact) mass is 316 g/mol. The van der Waals surface area contributed by atoms with Crippen LogP contribution < -0.4 is 14.9 Å². The summed E-state index contributed by atoms with van der Waals surface area (Å²) in [6.45, 7) is -3.10. The highest BCUT2D eigenvalue weighted by Crippen LogP contribution is 2.27. The Morgan fingerprint density at radius 2 is 1.90 bits per heavy atom. The number of pyridine rings is 1. The summed E-state index contributed by atoms with van der Waals surface area (Å²) in [5.41, 5.74) is -0.922. The Morgan fingerprint density at radius 3 is 2.57 bits per heavy atom. The molecule has 0 fully saturated rings. The molecular weight excluding hydrogens is 306 g/mol. The maximum Gasteiger partial charge on any atom is 0.387 e. The zero-order valence-electron chi connectivity index (χ0n) is 10.4. The molecule has 0 atom stereocenters. The number of hydrogen-bond donors (Lipinski definition) is 2. The van der Waals surface area contributed by atoms with Crippen molar-refractivity contribution in [3.8, 4) is 5.75 Å². The lowest BCUT2D eigenvalue weighted by atomic mass is 10.3. The van der Waals surface area contributed by atoms with Gasteiger partial charge in [0.25, 0.3) is 10.0 Å². The Hall–Kier alpha value is -2.42. The van der Waals surface area contributed by atoms with Crippen molar-refractivity contribution in [3.05, 3.63) is 52.9 Å². The average Bonchev–Trinajstić information content (AvgIpc) is 2.40. The number of para-hydroxylation sites is 2. The van der Waals surface area contributed by atoms with Gasteiger partial charge in [-0.1, -0.05) is 12.1 Å². The first-order valence-electron chi connectivity index (χ1n) is 5.64. The number of halogens is 2. The lowest BCUT2D eigenvalue weighted by Crippen LogP contribution is -2.21. The van der Waals surface area contributed by atoms with Gasteiger partial charge in [-0.3, -0.25) is 9.52 Å². The summed E-state index contributed by atoms with van der Waals surface area (Å²) in [6, 6.07) is 6.30. The maximum atomic E-state index is 12.3. The average molecular weight is 316 g/mol. The molecule has 0 bridgehead atoms. The van der Waals surface area contributed by atoms with Gasteiger partial charge in [-0.05, 0) is 12.1 Å². The van der Waals surface area contributed by atoms with E-state index >= 15 is 0 Å². The van der Waals surface area contributed by atoms with Crippen molar-refractivity contribution in [2.75, 3.05) is 4.72 Å². The molecule has 2 N–H and O–H groups in total. The minimum atomic E-state index is -4.22. The number of rotatable bonds is 5. The molecule has 0 radical (unpaired) electrons. The first-order chi connectivity index (χ1) is 9.90. The minimum Gasteiger partial charge on any atom is -0.433 e. The molecule has 0 aliphatic carbocycles. The van der Waals surface area contributed by atoms with E-state index in [9.17, 15) is 22.0 Å². The third-order valence-corrected chi connectivity index (χ3v) is 3.81. The van der Waals surface area contributed by atoms with Gasteiger partial charge in [-0.15, -0.1) is 0 Å². The van der Waals surface area contributed by atoms with Crippen LogP contribution in [0.5, 0.6) is 5.75 Å². The number of nitrogens with one attached hydrogen (secondary N) is 2. The predicted octanol–water partition coefficient (Wildman–Crippen LogP) is 1.78. The van der Waals surface area contributed by atoms with Crippen LogP contribution in [-0.4, -0.2) is 20.0 Å². The quantitative estimate of drug-likeness (QED) is 0.880. The molecule has 2 aromatic rings. The van der Waals surface area contributed by atoms with Gasteiger partial charge in [0.05, 0.1) is 5.69 Å². The number of alkyl halides is 2. The summed E-state index contributed by atoms with van der Waals surface area (Å²) in [6.07, 6.45) is 2.27. The molecule has 1 aromatic heterocycles. The lowest BCUT2D eigenvalue weighted by Gasteiger charge is -2.12. The van der Waals surface area contributed by atoms with Crippen molar-refractivity contribution in [2.45, 2.75) is 11.5 Å². The van der Waals surface area contributed by atoms with Gasteiger partial charge in [-0.2, -0.15) is 8.78 Å². The van der Waals surface area contributed by atoms with E-state index in [1.807, 2.05) is 4.72 Å². The Bertz CT molecular complexity index is 790. The van der Waals surface area contributed by atoms with E-state index in [0.29, 0.717) is 0 Å². The second kappa shape index (κ2) is 5.92. The predicted molar refractivity (Wildman–Crippen MR) is 70.9 cm³/mol. The first-order valence-corrected chi connectivity index (χ1v) is 7.12. The molecule has 21 heavy (non-hydrogen) atoms.